The molecule has 2 N–H and O–H groups in total. The smallest absolute Gasteiger partial charge is 0.408 e. The Hall–Kier alpha value is -2.03. The lowest BCUT2D eigenvalue weighted by Crippen LogP contribution is -2.45. The molecule has 8 nitrogen and oxygen atoms in total. The first kappa shape index (κ1) is 18.0. The first-order valence-corrected chi connectivity index (χ1v) is 7.38. The van der Waals surface area contributed by atoms with Crippen LogP contribution < -0.4 is 10.6 Å². The van der Waals surface area contributed by atoms with Gasteiger partial charge in [0.05, 0.1) is 12.0 Å². The average Bonchev–Trinajstić information content (AvgIpc) is 2.69. The second kappa shape index (κ2) is 7.30. The van der Waals surface area contributed by atoms with E-state index in [1.807, 2.05) is 0 Å². The molecule has 9 heteroatoms. The van der Waals surface area contributed by atoms with E-state index in [2.05, 4.69) is 15.4 Å². The summed E-state index contributed by atoms with van der Waals surface area (Å²) in [5, 5.41) is 4.46. The summed E-state index contributed by atoms with van der Waals surface area (Å²) < 4.78 is 9.65. The molecule has 0 aromatic rings. The van der Waals surface area contributed by atoms with Crippen LogP contribution in [0.5, 0.6) is 0 Å². The molecule has 0 aliphatic carbocycles. The van der Waals surface area contributed by atoms with Gasteiger partial charge in [-0.3, -0.25) is 14.9 Å². The van der Waals surface area contributed by atoms with Crippen molar-refractivity contribution in [2.45, 2.75) is 32.4 Å². The van der Waals surface area contributed by atoms with E-state index in [1.54, 1.807) is 20.8 Å². The van der Waals surface area contributed by atoms with Gasteiger partial charge in [-0.05, 0) is 20.8 Å². The molecule has 1 aliphatic rings. The Morgan fingerprint density at radius 2 is 2.00 bits per heavy atom. The Labute approximate surface area is 132 Å². The Morgan fingerprint density at radius 1 is 1.36 bits per heavy atom. The predicted molar refractivity (Wildman–Crippen MR) is 78.9 cm³/mol. The summed E-state index contributed by atoms with van der Waals surface area (Å²) in [6, 6.07) is -1.01. The van der Waals surface area contributed by atoms with E-state index in [9.17, 15) is 19.2 Å². The summed E-state index contributed by atoms with van der Waals surface area (Å²) >= 11 is 0.965. The molecule has 0 saturated carbocycles. The number of nitrogens with one attached hydrogen (secondary N) is 2. The number of ether oxygens (including phenoxy) is 2. The van der Waals surface area contributed by atoms with Crippen LogP contribution in [0.1, 0.15) is 20.8 Å². The predicted octanol–water partition coefficient (Wildman–Crippen LogP) is 0.326. The molecular weight excluding hydrogens is 312 g/mol. The number of esters is 1. The maximum atomic E-state index is 11.7. The minimum Gasteiger partial charge on any atom is -0.467 e. The van der Waals surface area contributed by atoms with Crippen molar-refractivity contribution in [3.63, 3.8) is 0 Å². The number of hydrogen-bond acceptors (Lipinski definition) is 7. The number of carbonyl (C=O) groups excluding carboxylic acids is 4. The largest absolute Gasteiger partial charge is 0.467 e. The van der Waals surface area contributed by atoms with Crippen molar-refractivity contribution in [3.05, 3.63) is 11.0 Å². The lowest BCUT2D eigenvalue weighted by atomic mass is 10.2. The van der Waals surface area contributed by atoms with E-state index in [1.165, 1.54) is 7.11 Å². The fourth-order valence-electron chi connectivity index (χ4n) is 1.44. The molecule has 1 rings (SSSR count). The molecule has 122 valence electrons. The van der Waals surface area contributed by atoms with Crippen LogP contribution in [0, 0.1) is 0 Å². The molecule has 1 unspecified atom stereocenters. The van der Waals surface area contributed by atoms with E-state index in [4.69, 9.17) is 4.74 Å². The van der Waals surface area contributed by atoms with Gasteiger partial charge in [0.15, 0.2) is 0 Å². The summed E-state index contributed by atoms with van der Waals surface area (Å²) in [5.74, 6) is -1.69. The molecule has 1 aliphatic heterocycles. The van der Waals surface area contributed by atoms with Crippen LogP contribution in [-0.2, 0) is 23.9 Å². The van der Waals surface area contributed by atoms with Crippen LogP contribution in [-0.4, -0.2) is 48.4 Å². The number of amides is 3. The fourth-order valence-corrected chi connectivity index (χ4v) is 2.37. The molecule has 0 aromatic carbocycles. The third-order valence-corrected chi connectivity index (χ3v) is 3.42. The highest BCUT2D eigenvalue weighted by Crippen LogP contribution is 2.20. The number of methoxy groups -OCH3 is 1. The molecule has 0 bridgehead atoms. The maximum Gasteiger partial charge on any atom is 0.408 e. The quantitative estimate of drug-likeness (QED) is 0.552. The van der Waals surface area contributed by atoms with Crippen LogP contribution in [0.4, 0.5) is 4.79 Å². The van der Waals surface area contributed by atoms with Crippen molar-refractivity contribution in [3.8, 4) is 0 Å². The number of rotatable bonds is 5. The second-order valence-electron chi connectivity index (χ2n) is 5.36. The Kier molecular flexibility index (Phi) is 5.98. The van der Waals surface area contributed by atoms with Crippen molar-refractivity contribution >= 4 is 35.6 Å². The first-order chi connectivity index (χ1) is 10.1. The van der Waals surface area contributed by atoms with E-state index in [0.717, 1.165) is 17.8 Å². The monoisotopic (exact) mass is 330 g/mol. The Balaban J connectivity index is 2.64. The first-order valence-electron chi connectivity index (χ1n) is 6.39. The third-order valence-electron chi connectivity index (χ3n) is 2.30. The van der Waals surface area contributed by atoms with Gasteiger partial charge in [0.1, 0.15) is 11.6 Å². The lowest BCUT2D eigenvalue weighted by Gasteiger charge is -2.22. The van der Waals surface area contributed by atoms with E-state index in [0.29, 0.717) is 0 Å². The summed E-state index contributed by atoms with van der Waals surface area (Å²) in [7, 11) is 1.18. The number of carbonyl (C=O) groups is 4. The summed E-state index contributed by atoms with van der Waals surface area (Å²) in [4.78, 5) is 46.0. The molecule has 1 heterocycles. The molecule has 3 amide bonds. The van der Waals surface area contributed by atoms with E-state index >= 15 is 0 Å². The summed E-state index contributed by atoms with van der Waals surface area (Å²) in [6.07, 6.45) is 0.360. The highest BCUT2D eigenvalue weighted by atomic mass is 32.2. The highest BCUT2D eigenvalue weighted by molar-refractivity contribution is 8.04. The summed E-state index contributed by atoms with van der Waals surface area (Å²) in [5.41, 5.74) is -0.710. The zero-order valence-corrected chi connectivity index (χ0v) is 13.5. The number of imide groups is 1. The zero-order valence-electron chi connectivity index (χ0n) is 12.7. The Bertz CT molecular complexity index is 523. The number of alkyl carbamates (subject to hydrolysis) is 1. The van der Waals surface area contributed by atoms with Crippen molar-refractivity contribution in [2.75, 3.05) is 12.9 Å². The molecular formula is C13H18N2O6S. The van der Waals surface area contributed by atoms with Gasteiger partial charge in [-0.25, -0.2) is 9.59 Å². The van der Waals surface area contributed by atoms with Crippen molar-refractivity contribution in [2.24, 2.45) is 0 Å². The number of hydrogen-bond donors (Lipinski definition) is 2. The van der Waals surface area contributed by atoms with Crippen LogP contribution in [0.25, 0.3) is 0 Å². The van der Waals surface area contributed by atoms with Gasteiger partial charge in [-0.15, -0.1) is 11.8 Å². The van der Waals surface area contributed by atoms with Crippen molar-refractivity contribution in [1.82, 2.24) is 10.6 Å². The lowest BCUT2D eigenvalue weighted by molar-refractivity contribution is -0.142. The molecule has 1 atom stereocenters. The average molecular weight is 330 g/mol. The molecule has 0 fully saturated rings. The van der Waals surface area contributed by atoms with Crippen LogP contribution in [0.15, 0.2) is 11.0 Å². The van der Waals surface area contributed by atoms with Gasteiger partial charge in [0.2, 0.25) is 0 Å². The van der Waals surface area contributed by atoms with Gasteiger partial charge >= 0.3 is 12.1 Å². The third kappa shape index (κ3) is 5.76. The van der Waals surface area contributed by atoms with Gasteiger partial charge in [-0.1, -0.05) is 0 Å². The molecule has 0 spiro atoms. The van der Waals surface area contributed by atoms with Gasteiger partial charge in [0.25, 0.3) is 11.8 Å². The van der Waals surface area contributed by atoms with Crippen LogP contribution in [0.2, 0.25) is 0 Å². The van der Waals surface area contributed by atoms with Crippen LogP contribution >= 0.6 is 11.8 Å². The molecule has 22 heavy (non-hydrogen) atoms. The SMILES string of the molecule is COC(=O)C(CSC1=CC(=O)NC1=O)NC(=O)OC(C)(C)C. The zero-order chi connectivity index (χ0) is 16.9. The summed E-state index contributed by atoms with van der Waals surface area (Å²) in [6.45, 7) is 5.06. The normalized spacial score (nSPS) is 15.7. The fraction of sp³-hybridized carbons (Fsp3) is 0.538. The Morgan fingerprint density at radius 3 is 2.45 bits per heavy atom. The second-order valence-corrected chi connectivity index (χ2v) is 6.42. The minimum atomic E-state index is -1.01. The van der Waals surface area contributed by atoms with Crippen molar-refractivity contribution in [1.29, 1.82) is 0 Å². The van der Waals surface area contributed by atoms with E-state index in [-0.39, 0.29) is 10.7 Å². The van der Waals surface area contributed by atoms with Crippen LogP contribution in [0.3, 0.4) is 0 Å². The van der Waals surface area contributed by atoms with Gasteiger partial charge < -0.3 is 14.8 Å². The standard InChI is InChI=1S/C13H18N2O6S/c1-13(2,3)21-12(19)14-7(11(18)20-4)6-22-8-5-9(16)15-10(8)17/h5,7H,6H2,1-4H3,(H,14,19)(H,15,16,17). The topological polar surface area (TPSA) is 111 Å². The van der Waals surface area contributed by atoms with E-state index < -0.39 is 35.5 Å². The highest BCUT2D eigenvalue weighted by Gasteiger charge is 2.28. The van der Waals surface area contributed by atoms with Gasteiger partial charge in [0, 0.05) is 11.8 Å². The molecule has 0 saturated heterocycles. The maximum absolute atomic E-state index is 11.7. The molecule has 0 radical (unpaired) electrons. The van der Waals surface area contributed by atoms with Gasteiger partial charge in [-0.2, -0.15) is 0 Å². The molecule has 0 aromatic heterocycles. The number of thioether (sulfide) groups is 1. The van der Waals surface area contributed by atoms with Crippen molar-refractivity contribution < 1.29 is 28.7 Å². The minimum absolute atomic E-state index is 0.0262.